The molecule has 218 valence electrons. The molecule has 1 aliphatic heterocycles. The Labute approximate surface area is 229 Å². The smallest absolute Gasteiger partial charge is 0.334 e. The molecular weight excluding hydrogens is 486 g/mol. The van der Waals surface area contributed by atoms with Crippen LogP contribution in [0.15, 0.2) is 34.4 Å². The molecule has 0 spiro atoms. The second kappa shape index (κ2) is 16.2. The number of carbonyl (C=O) groups excluding carboxylic acids is 2. The van der Waals surface area contributed by atoms with Crippen LogP contribution in [0.5, 0.6) is 0 Å². The average molecular weight is 538 g/mol. The highest BCUT2D eigenvalue weighted by Crippen LogP contribution is 2.33. The van der Waals surface area contributed by atoms with Gasteiger partial charge >= 0.3 is 11.9 Å². The van der Waals surface area contributed by atoms with Crippen molar-refractivity contribution in [3.8, 4) is 0 Å². The van der Waals surface area contributed by atoms with Gasteiger partial charge in [-0.05, 0) is 76.4 Å². The van der Waals surface area contributed by atoms with Crippen LogP contribution in [0.4, 0.5) is 0 Å². The number of allylic oxidation sites excluding steroid dienone is 1. The average Bonchev–Trinajstić information content (AvgIpc) is 3.16. The van der Waals surface area contributed by atoms with Gasteiger partial charge in [-0.3, -0.25) is 0 Å². The fraction of sp³-hybridized carbons (Fsp3) is 0.733. The Morgan fingerprint density at radius 3 is 2.39 bits per heavy atom. The van der Waals surface area contributed by atoms with Gasteiger partial charge in [0.2, 0.25) is 0 Å². The van der Waals surface area contributed by atoms with Crippen LogP contribution in [-0.4, -0.2) is 67.8 Å². The molecule has 1 heterocycles. The predicted molar refractivity (Wildman–Crippen MR) is 149 cm³/mol. The molecule has 1 saturated heterocycles. The molecule has 3 atom stereocenters. The van der Waals surface area contributed by atoms with Crippen molar-refractivity contribution in [2.45, 2.75) is 105 Å². The number of ether oxygens (including phenoxy) is 4. The van der Waals surface area contributed by atoms with Crippen molar-refractivity contribution in [1.29, 1.82) is 0 Å². The Balaban J connectivity index is 3.01. The Hall–Kier alpha value is -2.00. The van der Waals surface area contributed by atoms with E-state index in [2.05, 4.69) is 20.8 Å². The van der Waals surface area contributed by atoms with Crippen molar-refractivity contribution in [1.82, 2.24) is 0 Å². The zero-order chi connectivity index (χ0) is 29.0. The van der Waals surface area contributed by atoms with E-state index in [1.165, 1.54) is 11.6 Å². The summed E-state index contributed by atoms with van der Waals surface area (Å²) >= 11 is 0. The van der Waals surface area contributed by atoms with Crippen LogP contribution in [0, 0.1) is 11.8 Å². The fourth-order valence-electron chi connectivity index (χ4n) is 4.18. The molecule has 0 aromatic heterocycles. The molecule has 1 fully saturated rings. The highest BCUT2D eigenvalue weighted by molar-refractivity contribution is 5.96. The summed E-state index contributed by atoms with van der Waals surface area (Å²) in [7, 11) is 1.69. The van der Waals surface area contributed by atoms with E-state index in [9.17, 15) is 14.7 Å². The molecule has 3 N–H and O–H groups in total. The van der Waals surface area contributed by atoms with Crippen LogP contribution in [0.2, 0.25) is 0 Å². The Morgan fingerprint density at radius 1 is 1.18 bits per heavy atom. The van der Waals surface area contributed by atoms with Crippen molar-refractivity contribution >= 4 is 11.9 Å². The van der Waals surface area contributed by atoms with Crippen molar-refractivity contribution in [2.24, 2.45) is 17.6 Å². The first-order valence-corrected chi connectivity index (χ1v) is 13.7. The standard InChI is InChI=1S/C30H51NO7/c1-19(2)13-22(15-28(33)38-30(6,7)8)29(34)37-18-26(32)25(31)16-23-24(21(5)11-10-12-35-9)17-36-27(23)14-20(3)4/h15-16,19-20,25-27,32H,10-14,17-18,31H2,1-9H3/b22-15+,23-16-,24-21-/t25-,26+,27+/m1/s1. The van der Waals surface area contributed by atoms with Gasteiger partial charge in [0.25, 0.3) is 0 Å². The van der Waals surface area contributed by atoms with Crippen LogP contribution >= 0.6 is 0 Å². The summed E-state index contributed by atoms with van der Waals surface area (Å²) in [4.78, 5) is 25.1. The third-order valence-corrected chi connectivity index (χ3v) is 6.02. The molecule has 0 aliphatic carbocycles. The van der Waals surface area contributed by atoms with E-state index in [4.69, 9.17) is 24.7 Å². The number of aliphatic hydroxyl groups is 1. The molecule has 0 radical (unpaired) electrons. The van der Waals surface area contributed by atoms with E-state index < -0.39 is 29.7 Å². The summed E-state index contributed by atoms with van der Waals surface area (Å²) in [6.45, 7) is 16.4. The van der Waals surface area contributed by atoms with Crippen LogP contribution < -0.4 is 5.73 Å². The number of aliphatic hydroxyl groups excluding tert-OH is 1. The molecule has 38 heavy (non-hydrogen) atoms. The van der Waals surface area contributed by atoms with E-state index in [0.717, 1.165) is 30.4 Å². The molecule has 0 saturated carbocycles. The summed E-state index contributed by atoms with van der Waals surface area (Å²) in [5.41, 5.74) is 9.22. The van der Waals surface area contributed by atoms with Crippen molar-refractivity contribution in [3.63, 3.8) is 0 Å². The van der Waals surface area contributed by atoms with E-state index in [-0.39, 0.29) is 24.2 Å². The number of carbonyl (C=O) groups is 2. The number of methoxy groups -OCH3 is 1. The lowest BCUT2D eigenvalue weighted by Gasteiger charge is -2.21. The highest BCUT2D eigenvalue weighted by Gasteiger charge is 2.30. The Morgan fingerprint density at radius 2 is 1.84 bits per heavy atom. The number of rotatable bonds is 14. The number of esters is 2. The normalized spacial score (nSPS) is 20.7. The van der Waals surface area contributed by atoms with Crippen LogP contribution in [0.25, 0.3) is 0 Å². The first kappa shape index (κ1) is 34.0. The lowest BCUT2D eigenvalue weighted by Crippen LogP contribution is -2.38. The fourth-order valence-corrected chi connectivity index (χ4v) is 4.18. The second-order valence-electron chi connectivity index (χ2n) is 12.0. The molecule has 1 rings (SSSR count). The molecule has 0 bridgehead atoms. The molecule has 0 aromatic rings. The number of hydrogen-bond acceptors (Lipinski definition) is 8. The SMILES string of the molecule is COCCC/C(C)=C1/CO[C@@H](CC(C)C)/C1=C\[C@@H](N)[C@@H](O)COC(=O)/C(=C/C(=O)OC(C)(C)C)CC(C)C. The summed E-state index contributed by atoms with van der Waals surface area (Å²) in [5, 5.41) is 10.8. The van der Waals surface area contributed by atoms with Gasteiger partial charge in [-0.2, -0.15) is 0 Å². The molecule has 0 amide bonds. The van der Waals surface area contributed by atoms with Gasteiger partial charge in [0, 0.05) is 25.4 Å². The lowest BCUT2D eigenvalue weighted by atomic mass is 9.91. The quantitative estimate of drug-likeness (QED) is 0.187. The van der Waals surface area contributed by atoms with Gasteiger partial charge < -0.3 is 29.8 Å². The zero-order valence-corrected chi connectivity index (χ0v) is 25.0. The largest absolute Gasteiger partial charge is 0.459 e. The number of hydrogen-bond donors (Lipinski definition) is 2. The minimum absolute atomic E-state index is 0.0995. The van der Waals surface area contributed by atoms with Gasteiger partial charge in [0.05, 0.1) is 18.8 Å². The summed E-state index contributed by atoms with van der Waals surface area (Å²) in [6.07, 6.45) is 4.78. The summed E-state index contributed by atoms with van der Waals surface area (Å²) in [6, 6.07) is -0.765. The van der Waals surface area contributed by atoms with Crippen molar-refractivity contribution in [2.75, 3.05) is 26.9 Å². The minimum atomic E-state index is -1.12. The van der Waals surface area contributed by atoms with E-state index in [1.807, 2.05) is 19.9 Å². The Bertz CT molecular complexity index is 864. The molecule has 0 aromatic carbocycles. The Kier molecular flexibility index (Phi) is 14.5. The van der Waals surface area contributed by atoms with Crippen molar-refractivity contribution in [3.05, 3.63) is 34.4 Å². The monoisotopic (exact) mass is 537 g/mol. The van der Waals surface area contributed by atoms with Gasteiger partial charge in [0.1, 0.15) is 18.3 Å². The summed E-state index contributed by atoms with van der Waals surface area (Å²) in [5.74, 6) is -0.731. The third kappa shape index (κ3) is 12.7. The van der Waals surface area contributed by atoms with Crippen LogP contribution in [0.1, 0.15) is 81.1 Å². The first-order chi connectivity index (χ1) is 17.6. The van der Waals surface area contributed by atoms with E-state index >= 15 is 0 Å². The van der Waals surface area contributed by atoms with E-state index in [0.29, 0.717) is 25.6 Å². The maximum atomic E-state index is 12.8. The second-order valence-corrected chi connectivity index (χ2v) is 12.0. The van der Waals surface area contributed by atoms with Gasteiger partial charge in [0.15, 0.2) is 0 Å². The zero-order valence-electron chi connectivity index (χ0n) is 25.0. The molecule has 0 unspecified atom stereocenters. The topological polar surface area (TPSA) is 117 Å². The van der Waals surface area contributed by atoms with Gasteiger partial charge in [-0.15, -0.1) is 0 Å². The molecular formula is C30H51NO7. The van der Waals surface area contributed by atoms with E-state index in [1.54, 1.807) is 27.9 Å². The molecule has 8 nitrogen and oxygen atoms in total. The van der Waals surface area contributed by atoms with Gasteiger partial charge in [-0.25, -0.2) is 9.59 Å². The highest BCUT2D eigenvalue weighted by atomic mass is 16.6. The predicted octanol–water partition coefficient (Wildman–Crippen LogP) is 4.65. The molecule has 1 aliphatic rings. The maximum absolute atomic E-state index is 12.8. The molecule has 8 heteroatoms. The first-order valence-electron chi connectivity index (χ1n) is 13.7. The third-order valence-electron chi connectivity index (χ3n) is 6.02. The number of nitrogens with two attached hydrogens (primary N) is 1. The van der Waals surface area contributed by atoms with Crippen molar-refractivity contribution < 1.29 is 33.6 Å². The lowest BCUT2D eigenvalue weighted by molar-refractivity contribution is -0.149. The van der Waals surface area contributed by atoms with Gasteiger partial charge in [-0.1, -0.05) is 39.3 Å². The minimum Gasteiger partial charge on any atom is -0.459 e. The van der Waals surface area contributed by atoms with Crippen LogP contribution in [-0.2, 0) is 28.5 Å². The maximum Gasteiger partial charge on any atom is 0.334 e. The summed E-state index contributed by atoms with van der Waals surface area (Å²) < 4.78 is 22.0. The van der Waals surface area contributed by atoms with Crippen LogP contribution in [0.3, 0.4) is 0 Å².